The molecule has 0 fully saturated rings. The van der Waals surface area contributed by atoms with E-state index in [-0.39, 0.29) is 5.78 Å². The van der Waals surface area contributed by atoms with Crippen LogP contribution < -0.4 is 5.32 Å². The minimum Gasteiger partial charge on any atom is -0.362 e. The zero-order valence-electron chi connectivity index (χ0n) is 10.6. The van der Waals surface area contributed by atoms with Gasteiger partial charge in [-0.25, -0.2) is 4.98 Å². The Bertz CT molecular complexity index is 551. The Kier molecular flexibility index (Phi) is 4.93. The van der Waals surface area contributed by atoms with E-state index in [1.165, 1.54) is 11.3 Å². The molecular formula is C14H15ClN2OS. The van der Waals surface area contributed by atoms with Gasteiger partial charge in [0.25, 0.3) is 0 Å². The summed E-state index contributed by atoms with van der Waals surface area (Å²) in [7, 11) is 0. The molecule has 3 nitrogen and oxygen atoms in total. The van der Waals surface area contributed by atoms with Crippen LogP contribution in [0.5, 0.6) is 0 Å². The number of anilines is 1. The number of halogens is 1. The molecule has 0 atom stereocenters. The van der Waals surface area contributed by atoms with Gasteiger partial charge in [0.2, 0.25) is 5.78 Å². The number of aromatic nitrogens is 1. The molecule has 0 amide bonds. The number of hydrogen-bond acceptors (Lipinski definition) is 4. The molecule has 2 rings (SSSR count). The second-order valence-corrected chi connectivity index (χ2v) is 5.61. The number of carbonyl (C=O) groups excluding carboxylic acids is 1. The third-order valence-electron chi connectivity index (χ3n) is 2.64. The van der Waals surface area contributed by atoms with Gasteiger partial charge in [-0.2, -0.15) is 0 Å². The van der Waals surface area contributed by atoms with E-state index in [1.807, 2.05) is 0 Å². The molecule has 0 radical (unpaired) electrons. The number of thiazole rings is 1. The molecule has 0 unspecified atom stereocenters. The van der Waals surface area contributed by atoms with Crippen LogP contribution in [-0.4, -0.2) is 17.3 Å². The van der Waals surface area contributed by atoms with Crippen LogP contribution >= 0.6 is 22.9 Å². The van der Waals surface area contributed by atoms with Crippen LogP contribution in [0.2, 0.25) is 5.02 Å². The van der Waals surface area contributed by atoms with Gasteiger partial charge < -0.3 is 5.32 Å². The second-order valence-electron chi connectivity index (χ2n) is 4.15. The summed E-state index contributed by atoms with van der Waals surface area (Å²) in [4.78, 5) is 17.1. The first-order valence-corrected chi connectivity index (χ1v) is 7.40. The van der Waals surface area contributed by atoms with Crippen LogP contribution in [0.3, 0.4) is 0 Å². The Morgan fingerprint density at radius 1 is 1.37 bits per heavy atom. The first kappa shape index (κ1) is 14.0. The number of rotatable bonds is 6. The highest BCUT2D eigenvalue weighted by atomic mass is 35.5. The molecular weight excluding hydrogens is 280 g/mol. The third kappa shape index (κ3) is 3.78. The van der Waals surface area contributed by atoms with E-state index >= 15 is 0 Å². The van der Waals surface area contributed by atoms with Crippen molar-refractivity contribution in [2.75, 3.05) is 11.9 Å². The van der Waals surface area contributed by atoms with E-state index in [4.69, 9.17) is 11.6 Å². The fourth-order valence-corrected chi connectivity index (χ4v) is 2.51. The standard InChI is InChI=1S/C14H15ClN2OS/c1-2-3-8-16-14-17-9-12(19-14)13(18)10-4-6-11(15)7-5-10/h4-7,9H,2-3,8H2,1H3,(H,16,17). The smallest absolute Gasteiger partial charge is 0.204 e. The molecule has 0 aliphatic rings. The van der Waals surface area contributed by atoms with Crippen molar-refractivity contribution in [2.45, 2.75) is 19.8 Å². The van der Waals surface area contributed by atoms with Crippen LogP contribution in [0, 0.1) is 0 Å². The molecule has 0 aliphatic carbocycles. The first-order chi connectivity index (χ1) is 9.20. The monoisotopic (exact) mass is 294 g/mol. The van der Waals surface area contributed by atoms with Crippen LogP contribution in [0.4, 0.5) is 5.13 Å². The summed E-state index contributed by atoms with van der Waals surface area (Å²) in [6, 6.07) is 6.90. The number of ketones is 1. The van der Waals surface area contributed by atoms with Crippen molar-refractivity contribution in [3.8, 4) is 0 Å². The molecule has 0 saturated carbocycles. The molecule has 1 aromatic heterocycles. The number of carbonyl (C=O) groups is 1. The average molecular weight is 295 g/mol. The van der Waals surface area contributed by atoms with Crippen molar-refractivity contribution in [2.24, 2.45) is 0 Å². The molecule has 0 spiro atoms. The molecule has 100 valence electrons. The largest absolute Gasteiger partial charge is 0.362 e. The van der Waals surface area contributed by atoms with Crippen LogP contribution in [0.15, 0.2) is 30.5 Å². The fraction of sp³-hybridized carbons (Fsp3) is 0.286. The fourth-order valence-electron chi connectivity index (χ4n) is 1.58. The molecule has 0 aliphatic heterocycles. The first-order valence-electron chi connectivity index (χ1n) is 6.20. The maximum absolute atomic E-state index is 12.2. The number of hydrogen-bond donors (Lipinski definition) is 1. The lowest BCUT2D eigenvalue weighted by Gasteiger charge is -1.99. The summed E-state index contributed by atoms with van der Waals surface area (Å²) in [5, 5.41) is 4.64. The molecule has 19 heavy (non-hydrogen) atoms. The summed E-state index contributed by atoms with van der Waals surface area (Å²) < 4.78 is 0. The average Bonchev–Trinajstić information content (AvgIpc) is 2.88. The quantitative estimate of drug-likeness (QED) is 0.640. The Balaban J connectivity index is 2.05. The van der Waals surface area contributed by atoms with Gasteiger partial charge in [-0.15, -0.1) is 0 Å². The molecule has 1 aromatic carbocycles. The molecule has 5 heteroatoms. The third-order valence-corrected chi connectivity index (χ3v) is 3.85. The van der Waals surface area contributed by atoms with E-state index in [1.54, 1.807) is 30.5 Å². The maximum atomic E-state index is 12.2. The topological polar surface area (TPSA) is 42.0 Å². The lowest BCUT2D eigenvalue weighted by Crippen LogP contribution is -1.99. The predicted molar refractivity (Wildman–Crippen MR) is 80.4 cm³/mol. The number of nitrogens with zero attached hydrogens (tertiary/aromatic N) is 1. The Labute approximate surface area is 121 Å². The zero-order valence-corrected chi connectivity index (χ0v) is 12.2. The Morgan fingerprint density at radius 3 is 2.79 bits per heavy atom. The van der Waals surface area contributed by atoms with Gasteiger partial charge in [-0.05, 0) is 30.7 Å². The lowest BCUT2D eigenvalue weighted by atomic mass is 10.1. The highest BCUT2D eigenvalue weighted by Crippen LogP contribution is 2.22. The highest BCUT2D eigenvalue weighted by molar-refractivity contribution is 7.17. The van der Waals surface area contributed by atoms with Crippen molar-refractivity contribution in [1.82, 2.24) is 4.98 Å². The van der Waals surface area contributed by atoms with E-state index in [0.29, 0.717) is 15.5 Å². The Hall–Kier alpha value is -1.39. The summed E-state index contributed by atoms with van der Waals surface area (Å²) in [5.74, 6) is -0.0160. The van der Waals surface area contributed by atoms with Crippen molar-refractivity contribution in [1.29, 1.82) is 0 Å². The van der Waals surface area contributed by atoms with Gasteiger partial charge >= 0.3 is 0 Å². The minimum atomic E-state index is -0.0160. The molecule has 0 bridgehead atoms. The lowest BCUT2D eigenvalue weighted by molar-refractivity contribution is 0.104. The summed E-state index contributed by atoms with van der Waals surface area (Å²) >= 11 is 7.19. The summed E-state index contributed by atoms with van der Waals surface area (Å²) in [5.41, 5.74) is 0.633. The van der Waals surface area contributed by atoms with Gasteiger partial charge in [0.1, 0.15) is 0 Å². The van der Waals surface area contributed by atoms with Gasteiger partial charge in [0, 0.05) is 17.1 Å². The minimum absolute atomic E-state index is 0.0160. The summed E-state index contributed by atoms with van der Waals surface area (Å²) in [6.45, 7) is 3.03. The number of benzene rings is 1. The molecule has 1 heterocycles. The van der Waals surface area contributed by atoms with Crippen LogP contribution in [-0.2, 0) is 0 Å². The molecule has 0 saturated heterocycles. The van der Waals surface area contributed by atoms with Gasteiger partial charge in [0.05, 0.1) is 11.1 Å². The van der Waals surface area contributed by atoms with Gasteiger partial charge in [0.15, 0.2) is 5.13 Å². The number of unbranched alkanes of at least 4 members (excludes halogenated alkanes) is 1. The van der Waals surface area contributed by atoms with Gasteiger partial charge in [-0.1, -0.05) is 36.3 Å². The highest BCUT2D eigenvalue weighted by Gasteiger charge is 2.12. The molecule has 2 aromatic rings. The van der Waals surface area contributed by atoms with Crippen molar-refractivity contribution in [3.63, 3.8) is 0 Å². The van der Waals surface area contributed by atoms with E-state index in [9.17, 15) is 4.79 Å². The normalized spacial score (nSPS) is 10.4. The van der Waals surface area contributed by atoms with E-state index < -0.39 is 0 Å². The number of nitrogens with one attached hydrogen (secondary N) is 1. The molecule has 1 N–H and O–H groups in total. The van der Waals surface area contributed by atoms with Crippen LogP contribution in [0.25, 0.3) is 0 Å². The second kappa shape index (κ2) is 6.68. The van der Waals surface area contributed by atoms with Crippen LogP contribution in [0.1, 0.15) is 35.0 Å². The van der Waals surface area contributed by atoms with Crippen molar-refractivity contribution < 1.29 is 4.79 Å². The summed E-state index contributed by atoms with van der Waals surface area (Å²) in [6.07, 6.45) is 3.85. The van der Waals surface area contributed by atoms with E-state index in [0.717, 1.165) is 24.5 Å². The van der Waals surface area contributed by atoms with E-state index in [2.05, 4.69) is 17.2 Å². The van der Waals surface area contributed by atoms with Crippen molar-refractivity contribution in [3.05, 3.63) is 45.9 Å². The van der Waals surface area contributed by atoms with Gasteiger partial charge in [-0.3, -0.25) is 4.79 Å². The van der Waals surface area contributed by atoms with Crippen molar-refractivity contribution >= 4 is 33.9 Å². The zero-order chi connectivity index (χ0) is 13.7. The maximum Gasteiger partial charge on any atom is 0.204 e. The Morgan fingerprint density at radius 2 is 2.11 bits per heavy atom. The SMILES string of the molecule is CCCCNc1ncc(C(=O)c2ccc(Cl)cc2)s1. The predicted octanol–water partition coefficient (Wildman–Crippen LogP) is 4.24.